The Morgan fingerprint density at radius 3 is 2.88 bits per heavy atom. The van der Waals surface area contributed by atoms with Crippen LogP contribution in [0.3, 0.4) is 0 Å². The van der Waals surface area contributed by atoms with Crippen molar-refractivity contribution >= 4 is 33.2 Å². The molecule has 1 aromatic heterocycles. The summed E-state index contributed by atoms with van der Waals surface area (Å²) in [5.41, 5.74) is 5.62. The number of thiophene rings is 1. The van der Waals surface area contributed by atoms with Gasteiger partial charge in [0.1, 0.15) is 0 Å². The molecule has 0 radical (unpaired) electrons. The second kappa shape index (κ2) is 6.37. The molecule has 1 rings (SSSR count). The molecule has 0 aliphatic carbocycles. The van der Waals surface area contributed by atoms with E-state index in [1.165, 1.54) is 4.88 Å². The minimum atomic E-state index is 0.0910. The van der Waals surface area contributed by atoms with Crippen molar-refractivity contribution in [3.8, 4) is 0 Å². The molecule has 2 N–H and O–H groups in total. The summed E-state index contributed by atoms with van der Waals surface area (Å²) in [6.45, 7) is 2.59. The molecule has 0 aromatic carbocycles. The summed E-state index contributed by atoms with van der Waals surface area (Å²) in [5.74, 6) is 0.154. The first-order valence-corrected chi connectivity index (χ1v) is 6.88. The van der Waals surface area contributed by atoms with Crippen molar-refractivity contribution in [2.75, 3.05) is 7.05 Å². The maximum atomic E-state index is 11.7. The van der Waals surface area contributed by atoms with Gasteiger partial charge in [-0.25, -0.2) is 0 Å². The van der Waals surface area contributed by atoms with Crippen molar-refractivity contribution in [1.82, 2.24) is 4.90 Å². The van der Waals surface area contributed by atoms with Gasteiger partial charge in [0.05, 0.1) is 6.54 Å². The van der Waals surface area contributed by atoms with Crippen LogP contribution in [0.2, 0.25) is 0 Å². The van der Waals surface area contributed by atoms with Gasteiger partial charge < -0.3 is 10.6 Å². The Bertz CT molecular complexity index is 352. The molecule has 3 nitrogen and oxygen atoms in total. The van der Waals surface area contributed by atoms with Gasteiger partial charge in [0.2, 0.25) is 5.91 Å². The fraction of sp³-hybridized carbons (Fsp3) is 0.545. The maximum absolute atomic E-state index is 11.7. The number of hydrogen-bond acceptors (Lipinski definition) is 3. The second-order valence-electron chi connectivity index (χ2n) is 4.00. The van der Waals surface area contributed by atoms with E-state index < -0.39 is 0 Å². The molecule has 1 aromatic rings. The van der Waals surface area contributed by atoms with E-state index in [-0.39, 0.29) is 11.9 Å². The molecule has 1 atom stereocenters. The highest BCUT2D eigenvalue weighted by Gasteiger charge is 2.10. The predicted octanol–water partition coefficient (Wildman–Crippen LogP) is 2.60. The van der Waals surface area contributed by atoms with Crippen LogP contribution in [-0.4, -0.2) is 23.9 Å². The summed E-state index contributed by atoms with van der Waals surface area (Å²) in [5, 5.41) is 2.02. The van der Waals surface area contributed by atoms with Crippen LogP contribution in [-0.2, 0) is 11.3 Å². The quantitative estimate of drug-likeness (QED) is 0.909. The minimum Gasteiger partial charge on any atom is -0.341 e. The van der Waals surface area contributed by atoms with E-state index in [0.717, 1.165) is 10.9 Å². The van der Waals surface area contributed by atoms with Crippen molar-refractivity contribution in [1.29, 1.82) is 0 Å². The lowest BCUT2D eigenvalue weighted by Gasteiger charge is -2.16. The minimum absolute atomic E-state index is 0.0910. The molecular formula is C11H17BrN2OS. The molecule has 16 heavy (non-hydrogen) atoms. The molecule has 0 fully saturated rings. The zero-order valence-corrected chi connectivity index (χ0v) is 12.0. The number of rotatable bonds is 5. The molecule has 0 saturated carbocycles. The lowest BCUT2D eigenvalue weighted by molar-refractivity contribution is -0.130. The Hall–Kier alpha value is -0.390. The summed E-state index contributed by atoms with van der Waals surface area (Å²) in [6, 6.07) is 2.13. The maximum Gasteiger partial charge on any atom is 0.222 e. The third-order valence-corrected chi connectivity index (χ3v) is 3.94. The lowest BCUT2D eigenvalue weighted by atomic mass is 10.2. The molecule has 5 heteroatoms. The summed E-state index contributed by atoms with van der Waals surface area (Å²) < 4.78 is 1.07. The van der Waals surface area contributed by atoms with Crippen molar-refractivity contribution in [2.45, 2.75) is 32.4 Å². The smallest absolute Gasteiger partial charge is 0.222 e. The molecule has 0 bridgehead atoms. The van der Waals surface area contributed by atoms with Crippen molar-refractivity contribution in [3.05, 3.63) is 20.8 Å². The fourth-order valence-corrected chi connectivity index (χ4v) is 2.80. The average Bonchev–Trinajstić information content (AvgIpc) is 2.60. The summed E-state index contributed by atoms with van der Waals surface area (Å²) in [7, 11) is 1.83. The molecule has 0 saturated heterocycles. The second-order valence-corrected chi connectivity index (χ2v) is 5.91. The number of carbonyl (C=O) groups excluding carboxylic acids is 1. The third kappa shape index (κ3) is 4.63. The first kappa shape index (κ1) is 13.7. The van der Waals surface area contributed by atoms with Crippen molar-refractivity contribution in [2.24, 2.45) is 5.73 Å². The third-order valence-electron chi connectivity index (χ3n) is 2.25. The van der Waals surface area contributed by atoms with Gasteiger partial charge in [-0.15, -0.1) is 11.3 Å². The summed E-state index contributed by atoms with van der Waals surface area (Å²) in [4.78, 5) is 14.7. The van der Waals surface area contributed by atoms with Crippen LogP contribution in [0.15, 0.2) is 15.9 Å². The highest BCUT2D eigenvalue weighted by Crippen LogP contribution is 2.21. The van der Waals surface area contributed by atoms with E-state index in [9.17, 15) is 4.79 Å². The molecule has 1 heterocycles. The molecule has 1 amide bonds. The van der Waals surface area contributed by atoms with Crippen LogP contribution in [0.5, 0.6) is 0 Å². The van der Waals surface area contributed by atoms with Crippen LogP contribution in [0.25, 0.3) is 0 Å². The number of nitrogens with two attached hydrogens (primary N) is 1. The predicted molar refractivity (Wildman–Crippen MR) is 71.4 cm³/mol. The number of carbonyl (C=O) groups is 1. The first-order valence-electron chi connectivity index (χ1n) is 5.21. The van der Waals surface area contributed by atoms with Crippen molar-refractivity contribution in [3.63, 3.8) is 0 Å². The number of nitrogens with zero attached hydrogens (tertiary/aromatic N) is 1. The molecule has 0 aliphatic rings. The Morgan fingerprint density at radius 2 is 2.38 bits per heavy atom. The molecule has 1 unspecified atom stereocenters. The van der Waals surface area contributed by atoms with Gasteiger partial charge in [-0.1, -0.05) is 0 Å². The van der Waals surface area contributed by atoms with Crippen LogP contribution in [0.1, 0.15) is 24.6 Å². The monoisotopic (exact) mass is 304 g/mol. The van der Waals surface area contributed by atoms with Crippen LogP contribution in [0.4, 0.5) is 0 Å². The molecule has 0 aliphatic heterocycles. The van der Waals surface area contributed by atoms with E-state index in [4.69, 9.17) is 5.73 Å². The van der Waals surface area contributed by atoms with Gasteiger partial charge in [-0.3, -0.25) is 4.79 Å². The van der Waals surface area contributed by atoms with E-state index in [0.29, 0.717) is 13.0 Å². The summed E-state index contributed by atoms with van der Waals surface area (Å²) >= 11 is 5.05. The first-order chi connectivity index (χ1) is 7.49. The Kier molecular flexibility index (Phi) is 5.44. The summed E-state index contributed by atoms with van der Waals surface area (Å²) in [6.07, 6.45) is 1.28. The van der Waals surface area contributed by atoms with Crippen LogP contribution in [0, 0.1) is 0 Å². The number of hydrogen-bond donors (Lipinski definition) is 1. The highest BCUT2D eigenvalue weighted by molar-refractivity contribution is 9.10. The van der Waals surface area contributed by atoms with E-state index in [1.54, 1.807) is 16.2 Å². The van der Waals surface area contributed by atoms with Gasteiger partial charge in [0.15, 0.2) is 0 Å². The SMILES string of the molecule is CC(N)CCC(=O)N(C)Cc1cc(Br)cs1. The standard InChI is InChI=1S/C11H17BrN2OS/c1-8(13)3-4-11(15)14(2)6-10-5-9(12)7-16-10/h5,7-8H,3-4,6,13H2,1-2H3. The van der Waals surface area contributed by atoms with Crippen molar-refractivity contribution < 1.29 is 4.79 Å². The van der Waals surface area contributed by atoms with Crippen LogP contribution >= 0.6 is 27.3 Å². The zero-order chi connectivity index (χ0) is 12.1. The van der Waals surface area contributed by atoms with Gasteiger partial charge in [0.25, 0.3) is 0 Å². The molecule has 90 valence electrons. The van der Waals surface area contributed by atoms with Gasteiger partial charge >= 0.3 is 0 Å². The Morgan fingerprint density at radius 1 is 1.69 bits per heavy atom. The molecule has 0 spiro atoms. The number of amides is 1. The largest absolute Gasteiger partial charge is 0.341 e. The van der Waals surface area contributed by atoms with E-state index >= 15 is 0 Å². The van der Waals surface area contributed by atoms with E-state index in [2.05, 4.69) is 15.9 Å². The Labute approximate surface area is 109 Å². The van der Waals surface area contributed by atoms with Gasteiger partial charge in [-0.2, -0.15) is 0 Å². The zero-order valence-electron chi connectivity index (χ0n) is 9.57. The Balaban J connectivity index is 2.39. The normalized spacial score (nSPS) is 12.5. The lowest BCUT2D eigenvalue weighted by Crippen LogP contribution is -2.27. The number of halogens is 1. The van der Waals surface area contributed by atoms with E-state index in [1.807, 2.05) is 25.4 Å². The average molecular weight is 305 g/mol. The van der Waals surface area contributed by atoms with Gasteiger partial charge in [0, 0.05) is 34.2 Å². The van der Waals surface area contributed by atoms with Crippen LogP contribution < -0.4 is 5.73 Å². The topological polar surface area (TPSA) is 46.3 Å². The van der Waals surface area contributed by atoms with Gasteiger partial charge in [-0.05, 0) is 35.3 Å². The molecular weight excluding hydrogens is 288 g/mol. The highest BCUT2D eigenvalue weighted by atomic mass is 79.9. The fourth-order valence-electron chi connectivity index (χ4n) is 1.30.